The second-order valence-corrected chi connectivity index (χ2v) is 11.6. The van der Waals surface area contributed by atoms with Crippen LogP contribution in [0.1, 0.15) is 126 Å². The van der Waals surface area contributed by atoms with Crippen LogP contribution in [0, 0.1) is 23.4 Å². The van der Waals surface area contributed by atoms with E-state index in [-0.39, 0.29) is 30.4 Å². The molecule has 0 saturated heterocycles. The van der Waals surface area contributed by atoms with E-state index >= 15 is 0 Å². The van der Waals surface area contributed by atoms with E-state index in [0.29, 0.717) is 29.4 Å². The van der Waals surface area contributed by atoms with Gasteiger partial charge in [-0.2, -0.15) is 0 Å². The first-order valence-corrected chi connectivity index (χ1v) is 15.0. The summed E-state index contributed by atoms with van der Waals surface area (Å²) in [6.45, 7) is 5.05. The molecule has 0 heterocycles. The topological polar surface area (TPSA) is 18.5 Å². The van der Waals surface area contributed by atoms with Gasteiger partial charge in [0.1, 0.15) is 0 Å². The van der Waals surface area contributed by atoms with Gasteiger partial charge in [-0.25, -0.2) is 13.2 Å². The molecule has 0 amide bonds. The Bertz CT molecular complexity index is 1010. The van der Waals surface area contributed by atoms with Crippen molar-refractivity contribution in [2.75, 3.05) is 6.61 Å². The zero-order valence-corrected chi connectivity index (χ0v) is 23.3. The molecule has 2 aliphatic carbocycles. The largest absolute Gasteiger partial charge is 0.491 e. The Hall–Kier alpha value is -2.01. The first-order chi connectivity index (χ1) is 18.5. The van der Waals surface area contributed by atoms with Crippen molar-refractivity contribution in [3.05, 3.63) is 64.5 Å². The molecule has 5 heteroatoms. The zero-order chi connectivity index (χ0) is 26.9. The maximum Gasteiger partial charge on any atom is 0.165 e. The van der Waals surface area contributed by atoms with Gasteiger partial charge in [0.15, 0.2) is 23.2 Å². The van der Waals surface area contributed by atoms with E-state index in [0.717, 1.165) is 69.8 Å². The quantitative estimate of drug-likeness (QED) is 0.254. The average molecular weight is 531 g/mol. The third-order valence-electron chi connectivity index (χ3n) is 8.73. The van der Waals surface area contributed by atoms with Gasteiger partial charge in [-0.1, -0.05) is 70.6 Å². The molecule has 4 rings (SSSR count). The van der Waals surface area contributed by atoms with Crippen molar-refractivity contribution < 1.29 is 22.6 Å². The van der Waals surface area contributed by atoms with E-state index in [4.69, 9.17) is 9.47 Å². The van der Waals surface area contributed by atoms with E-state index in [1.54, 1.807) is 24.3 Å². The van der Waals surface area contributed by atoms with E-state index in [9.17, 15) is 13.2 Å². The van der Waals surface area contributed by atoms with Crippen LogP contribution in [-0.2, 0) is 11.3 Å². The van der Waals surface area contributed by atoms with Crippen molar-refractivity contribution in [3.8, 4) is 5.75 Å². The van der Waals surface area contributed by atoms with E-state index in [2.05, 4.69) is 13.8 Å². The Kier molecular flexibility index (Phi) is 11.0. The average Bonchev–Trinajstić information content (AvgIpc) is 2.93. The molecule has 2 nitrogen and oxygen atoms in total. The minimum atomic E-state index is -0.756. The Labute approximate surface area is 227 Å². The fourth-order valence-electron chi connectivity index (χ4n) is 6.15. The van der Waals surface area contributed by atoms with Crippen molar-refractivity contribution in [2.45, 2.75) is 122 Å². The summed E-state index contributed by atoms with van der Waals surface area (Å²) in [5, 5.41) is 0. The van der Waals surface area contributed by atoms with E-state index < -0.39 is 11.6 Å². The summed E-state index contributed by atoms with van der Waals surface area (Å²) in [4.78, 5) is 0. The van der Waals surface area contributed by atoms with Crippen LogP contribution in [0.15, 0.2) is 30.3 Å². The highest BCUT2D eigenvalue weighted by molar-refractivity contribution is 5.32. The van der Waals surface area contributed by atoms with Crippen LogP contribution in [0.5, 0.6) is 5.75 Å². The van der Waals surface area contributed by atoms with E-state index in [1.807, 2.05) is 6.07 Å². The summed E-state index contributed by atoms with van der Waals surface area (Å²) in [7, 11) is 0. The van der Waals surface area contributed by atoms with Gasteiger partial charge in [-0.15, -0.1) is 0 Å². The van der Waals surface area contributed by atoms with Gasteiger partial charge in [0.2, 0.25) is 0 Å². The summed E-state index contributed by atoms with van der Waals surface area (Å²) in [5.41, 5.74) is 1.81. The molecule has 2 aliphatic rings. The maximum absolute atomic E-state index is 14.9. The van der Waals surface area contributed by atoms with Crippen LogP contribution in [0.2, 0.25) is 0 Å². The smallest absolute Gasteiger partial charge is 0.165 e. The summed E-state index contributed by atoms with van der Waals surface area (Å²) in [6.07, 6.45) is 13.1. The molecule has 210 valence electrons. The SMILES string of the molecule is CCCCCCCOc1ccc(C2CCC(OCc3ccc(C4CCC(C)CC4)c(F)c3F)CC2)cc1F. The molecular formula is C33H45F3O2. The molecule has 38 heavy (non-hydrogen) atoms. The number of benzene rings is 2. The summed E-state index contributed by atoms with van der Waals surface area (Å²) in [6, 6.07) is 8.82. The monoisotopic (exact) mass is 530 g/mol. The molecule has 2 saturated carbocycles. The first kappa shape index (κ1) is 29.0. The molecule has 0 unspecified atom stereocenters. The predicted octanol–water partition coefficient (Wildman–Crippen LogP) is 9.99. The molecule has 0 aromatic heterocycles. The van der Waals surface area contributed by atoms with Crippen LogP contribution < -0.4 is 4.74 Å². The fourth-order valence-corrected chi connectivity index (χ4v) is 6.15. The normalized spacial score (nSPS) is 23.9. The highest BCUT2D eigenvalue weighted by atomic mass is 19.2. The number of rotatable bonds is 12. The minimum absolute atomic E-state index is 0.00776. The van der Waals surface area contributed by atoms with Crippen LogP contribution >= 0.6 is 0 Å². The van der Waals surface area contributed by atoms with Gasteiger partial charge in [0.25, 0.3) is 0 Å². The number of halogens is 3. The lowest BCUT2D eigenvalue weighted by molar-refractivity contribution is 0.0118. The van der Waals surface area contributed by atoms with Crippen LogP contribution in [0.3, 0.4) is 0 Å². The standard InChI is InChI=1S/C33H45F3O2/c1-3-4-5-6-7-20-37-31-19-15-26(21-30(31)34)24-12-16-28(17-13-24)38-22-27-14-18-29(33(36)32(27)35)25-10-8-23(2)9-11-25/h14-15,18-19,21,23-25,28H,3-13,16-17,20,22H2,1-2H3. The highest BCUT2D eigenvalue weighted by Gasteiger charge is 2.27. The molecule has 0 spiro atoms. The summed E-state index contributed by atoms with van der Waals surface area (Å²) >= 11 is 0. The van der Waals surface area contributed by atoms with Crippen LogP contribution in [0.25, 0.3) is 0 Å². The van der Waals surface area contributed by atoms with Crippen LogP contribution in [-0.4, -0.2) is 12.7 Å². The van der Waals surface area contributed by atoms with Gasteiger partial charge < -0.3 is 9.47 Å². The van der Waals surface area contributed by atoms with Crippen LogP contribution in [0.4, 0.5) is 13.2 Å². The van der Waals surface area contributed by atoms with Crippen molar-refractivity contribution in [3.63, 3.8) is 0 Å². The summed E-state index contributed by atoms with van der Waals surface area (Å²) < 4.78 is 56.0. The molecular weight excluding hydrogens is 485 g/mol. The van der Waals surface area contributed by atoms with Gasteiger partial charge >= 0.3 is 0 Å². The minimum Gasteiger partial charge on any atom is -0.491 e. The van der Waals surface area contributed by atoms with Gasteiger partial charge in [0.05, 0.1) is 19.3 Å². The van der Waals surface area contributed by atoms with E-state index in [1.165, 1.54) is 19.3 Å². The van der Waals surface area contributed by atoms with Crippen molar-refractivity contribution >= 4 is 0 Å². The van der Waals surface area contributed by atoms with Gasteiger partial charge in [-0.3, -0.25) is 0 Å². The van der Waals surface area contributed by atoms with Gasteiger partial charge in [0, 0.05) is 5.56 Å². The Balaban J connectivity index is 1.22. The number of hydrogen-bond donors (Lipinski definition) is 0. The third-order valence-corrected chi connectivity index (χ3v) is 8.73. The molecule has 2 aromatic carbocycles. The lowest BCUT2D eigenvalue weighted by Crippen LogP contribution is -2.21. The van der Waals surface area contributed by atoms with Gasteiger partial charge in [-0.05, 0) is 86.0 Å². The Morgan fingerprint density at radius 2 is 1.47 bits per heavy atom. The Morgan fingerprint density at radius 3 is 2.18 bits per heavy atom. The molecule has 0 aliphatic heterocycles. The number of hydrogen-bond acceptors (Lipinski definition) is 2. The fraction of sp³-hybridized carbons (Fsp3) is 0.636. The maximum atomic E-state index is 14.9. The number of unbranched alkanes of at least 4 members (excludes halogenated alkanes) is 4. The molecule has 0 N–H and O–H groups in total. The second kappa shape index (κ2) is 14.4. The summed E-state index contributed by atoms with van der Waals surface area (Å²) in [5.74, 6) is -0.345. The van der Waals surface area contributed by atoms with Crippen molar-refractivity contribution in [1.29, 1.82) is 0 Å². The Morgan fingerprint density at radius 1 is 0.763 bits per heavy atom. The molecule has 0 bridgehead atoms. The third kappa shape index (κ3) is 7.77. The lowest BCUT2D eigenvalue weighted by Gasteiger charge is -2.29. The molecule has 0 atom stereocenters. The first-order valence-electron chi connectivity index (χ1n) is 15.0. The van der Waals surface area contributed by atoms with Crippen molar-refractivity contribution in [1.82, 2.24) is 0 Å². The zero-order valence-electron chi connectivity index (χ0n) is 23.3. The number of ether oxygens (including phenoxy) is 2. The highest BCUT2D eigenvalue weighted by Crippen LogP contribution is 2.38. The second-order valence-electron chi connectivity index (χ2n) is 11.6. The lowest BCUT2D eigenvalue weighted by atomic mass is 9.79. The molecule has 0 radical (unpaired) electrons. The molecule has 2 fully saturated rings. The molecule has 2 aromatic rings. The van der Waals surface area contributed by atoms with Crippen molar-refractivity contribution in [2.24, 2.45) is 5.92 Å². The predicted molar refractivity (Wildman–Crippen MR) is 147 cm³/mol.